The molecule has 0 bridgehead atoms. The SMILES string of the molecule is Cc1cccc(C)c1-n1c(C)cc(/C=C2\SC(Nc3ccccc3)N([C@H]3CCCC[C@H]3C)C2=O)c1C. The van der Waals surface area contributed by atoms with E-state index >= 15 is 0 Å². The Hall–Kier alpha value is -2.92. The molecule has 188 valence electrons. The number of para-hydroxylation sites is 2. The predicted octanol–water partition coefficient (Wildman–Crippen LogP) is 7.60. The van der Waals surface area contributed by atoms with E-state index in [0.29, 0.717) is 5.92 Å². The maximum atomic E-state index is 13.9. The highest BCUT2D eigenvalue weighted by Crippen LogP contribution is 2.42. The molecule has 5 rings (SSSR count). The van der Waals surface area contributed by atoms with Crippen molar-refractivity contribution in [1.29, 1.82) is 0 Å². The molecule has 1 unspecified atom stereocenters. The van der Waals surface area contributed by atoms with Crippen LogP contribution < -0.4 is 5.32 Å². The molecule has 2 fully saturated rings. The highest BCUT2D eigenvalue weighted by Gasteiger charge is 2.43. The molecule has 1 aliphatic heterocycles. The van der Waals surface area contributed by atoms with Crippen LogP contribution in [0, 0.1) is 33.6 Å². The largest absolute Gasteiger partial charge is 0.356 e. The molecule has 0 spiro atoms. The maximum Gasteiger partial charge on any atom is 0.262 e. The predicted molar refractivity (Wildman–Crippen MR) is 152 cm³/mol. The lowest BCUT2D eigenvalue weighted by atomic mass is 9.85. The molecule has 4 nitrogen and oxygen atoms in total. The quantitative estimate of drug-likeness (QED) is 0.367. The summed E-state index contributed by atoms with van der Waals surface area (Å²) < 4.78 is 2.34. The van der Waals surface area contributed by atoms with Gasteiger partial charge in [-0.25, -0.2) is 0 Å². The van der Waals surface area contributed by atoms with Crippen molar-refractivity contribution in [1.82, 2.24) is 9.47 Å². The van der Waals surface area contributed by atoms with Crippen molar-refractivity contribution in [2.45, 2.75) is 71.8 Å². The summed E-state index contributed by atoms with van der Waals surface area (Å²) in [5.41, 5.74) is 8.17. The van der Waals surface area contributed by atoms with Gasteiger partial charge in [-0.3, -0.25) is 4.79 Å². The van der Waals surface area contributed by atoms with Gasteiger partial charge in [0.2, 0.25) is 0 Å². The van der Waals surface area contributed by atoms with Gasteiger partial charge in [0.25, 0.3) is 5.91 Å². The summed E-state index contributed by atoms with van der Waals surface area (Å²) in [6.07, 6.45) is 6.84. The van der Waals surface area contributed by atoms with Gasteiger partial charge >= 0.3 is 0 Å². The summed E-state index contributed by atoms with van der Waals surface area (Å²) in [6.45, 7) is 11.0. The van der Waals surface area contributed by atoms with E-state index in [9.17, 15) is 4.79 Å². The number of benzene rings is 2. The number of amides is 1. The third-order valence-electron chi connectivity index (χ3n) is 7.84. The Morgan fingerprint density at radius 1 is 0.944 bits per heavy atom. The molecule has 1 aliphatic carbocycles. The first-order valence-electron chi connectivity index (χ1n) is 13.1. The summed E-state index contributed by atoms with van der Waals surface area (Å²) >= 11 is 1.66. The van der Waals surface area contributed by atoms with E-state index in [1.54, 1.807) is 11.8 Å². The summed E-state index contributed by atoms with van der Waals surface area (Å²) in [5.74, 6) is 0.667. The fourth-order valence-electron chi connectivity index (χ4n) is 5.94. The average Bonchev–Trinajstić information content (AvgIpc) is 3.30. The van der Waals surface area contributed by atoms with Crippen molar-refractivity contribution >= 4 is 29.4 Å². The smallest absolute Gasteiger partial charge is 0.262 e. The number of aryl methyl sites for hydroxylation is 3. The number of hydrogen-bond donors (Lipinski definition) is 1. The Balaban J connectivity index is 1.52. The second kappa shape index (κ2) is 10.2. The molecule has 1 aromatic heterocycles. The van der Waals surface area contributed by atoms with Crippen molar-refractivity contribution in [2.75, 3.05) is 5.32 Å². The summed E-state index contributed by atoms with van der Waals surface area (Å²) in [6, 6.07) is 19.2. The molecule has 5 heteroatoms. The van der Waals surface area contributed by atoms with Crippen LogP contribution in [-0.4, -0.2) is 26.9 Å². The highest BCUT2D eigenvalue weighted by atomic mass is 32.2. The van der Waals surface area contributed by atoms with E-state index in [0.717, 1.165) is 22.6 Å². The van der Waals surface area contributed by atoms with Gasteiger partial charge in [-0.1, -0.05) is 67.9 Å². The van der Waals surface area contributed by atoms with E-state index in [1.165, 1.54) is 47.5 Å². The topological polar surface area (TPSA) is 37.3 Å². The highest BCUT2D eigenvalue weighted by molar-refractivity contribution is 8.05. The number of nitrogens with zero attached hydrogens (tertiary/aromatic N) is 2. The minimum atomic E-state index is -0.0983. The van der Waals surface area contributed by atoms with Gasteiger partial charge in [0.05, 0.1) is 10.6 Å². The van der Waals surface area contributed by atoms with E-state index < -0.39 is 0 Å². The van der Waals surface area contributed by atoms with Gasteiger partial charge in [0.15, 0.2) is 5.50 Å². The number of aromatic nitrogens is 1. The zero-order valence-electron chi connectivity index (χ0n) is 22.0. The van der Waals surface area contributed by atoms with E-state index in [2.05, 4.69) is 91.9 Å². The minimum absolute atomic E-state index is 0.0983. The maximum absolute atomic E-state index is 13.9. The molecule has 0 radical (unpaired) electrons. The van der Waals surface area contributed by atoms with Crippen LogP contribution in [0.3, 0.4) is 0 Å². The van der Waals surface area contributed by atoms with Crippen molar-refractivity contribution in [3.8, 4) is 5.69 Å². The second-order valence-corrected chi connectivity index (χ2v) is 11.6. The molecule has 2 aliphatic rings. The Kier molecular flexibility index (Phi) is 7.03. The monoisotopic (exact) mass is 499 g/mol. The molecule has 3 aromatic rings. The molecule has 1 saturated carbocycles. The minimum Gasteiger partial charge on any atom is -0.356 e. The number of thioether (sulfide) groups is 1. The zero-order valence-corrected chi connectivity index (χ0v) is 22.9. The molecule has 1 N–H and O–H groups in total. The van der Waals surface area contributed by atoms with Gasteiger partial charge in [0, 0.05) is 23.1 Å². The van der Waals surface area contributed by atoms with Gasteiger partial charge in [-0.15, -0.1) is 0 Å². The number of carbonyl (C=O) groups excluding carboxylic acids is 1. The van der Waals surface area contributed by atoms with Crippen LogP contribution in [0.5, 0.6) is 0 Å². The van der Waals surface area contributed by atoms with E-state index in [-0.39, 0.29) is 17.4 Å². The van der Waals surface area contributed by atoms with Crippen LogP contribution in [0.15, 0.2) is 59.5 Å². The second-order valence-electron chi connectivity index (χ2n) is 10.4. The number of hydrogen-bond acceptors (Lipinski definition) is 3. The number of anilines is 1. The van der Waals surface area contributed by atoms with Crippen LogP contribution >= 0.6 is 11.8 Å². The lowest BCUT2D eigenvalue weighted by Crippen LogP contribution is -2.48. The van der Waals surface area contributed by atoms with Gasteiger partial charge in [-0.2, -0.15) is 0 Å². The number of carbonyl (C=O) groups is 1. The van der Waals surface area contributed by atoms with Crippen LogP contribution in [0.1, 0.15) is 60.7 Å². The summed E-state index contributed by atoms with van der Waals surface area (Å²) in [4.78, 5) is 16.9. The molecule has 1 saturated heterocycles. The lowest BCUT2D eigenvalue weighted by molar-refractivity contribution is -0.129. The lowest BCUT2D eigenvalue weighted by Gasteiger charge is -2.39. The average molecular weight is 500 g/mol. The molecule has 1 amide bonds. The first-order valence-corrected chi connectivity index (χ1v) is 14.0. The normalized spacial score (nSPS) is 23.5. The van der Waals surface area contributed by atoms with Crippen molar-refractivity contribution in [3.05, 3.63) is 87.6 Å². The molecular weight excluding hydrogens is 462 g/mol. The molecule has 3 atom stereocenters. The van der Waals surface area contributed by atoms with Gasteiger partial charge < -0.3 is 14.8 Å². The van der Waals surface area contributed by atoms with Crippen LogP contribution in [0.2, 0.25) is 0 Å². The Labute approximate surface area is 219 Å². The summed E-state index contributed by atoms with van der Waals surface area (Å²) in [7, 11) is 0. The molecule has 36 heavy (non-hydrogen) atoms. The van der Waals surface area contributed by atoms with E-state index in [4.69, 9.17) is 0 Å². The molecule has 2 heterocycles. The van der Waals surface area contributed by atoms with Crippen LogP contribution in [-0.2, 0) is 4.79 Å². The zero-order chi connectivity index (χ0) is 25.4. The van der Waals surface area contributed by atoms with Crippen molar-refractivity contribution in [2.24, 2.45) is 5.92 Å². The Morgan fingerprint density at radius 3 is 2.33 bits per heavy atom. The van der Waals surface area contributed by atoms with Crippen LogP contribution in [0.4, 0.5) is 5.69 Å². The Bertz CT molecular complexity index is 1270. The van der Waals surface area contributed by atoms with Crippen molar-refractivity contribution in [3.63, 3.8) is 0 Å². The first-order chi connectivity index (χ1) is 17.3. The Morgan fingerprint density at radius 2 is 1.64 bits per heavy atom. The fourth-order valence-corrected chi connectivity index (χ4v) is 7.15. The van der Waals surface area contributed by atoms with Crippen LogP contribution in [0.25, 0.3) is 11.8 Å². The van der Waals surface area contributed by atoms with E-state index in [1.807, 2.05) is 18.2 Å². The van der Waals surface area contributed by atoms with Gasteiger partial charge in [0.1, 0.15) is 0 Å². The third kappa shape index (κ3) is 4.61. The molecule has 2 aromatic carbocycles. The van der Waals surface area contributed by atoms with Gasteiger partial charge in [-0.05, 0) is 87.4 Å². The number of rotatable bonds is 5. The molecular formula is C31H37N3OS. The number of nitrogens with one attached hydrogen (secondary N) is 1. The first kappa shape index (κ1) is 24.8. The standard InChI is InChI=1S/C31H37N3OS/c1-20-12-9-10-17-27(20)34-30(35)28(36-31(34)32-26-15-7-6-8-16-26)19-25-18-23(4)33(24(25)5)29-21(2)13-11-14-22(29)3/h6-8,11,13-16,18-20,27,31-32H,9-10,12,17H2,1-5H3/b28-19-/t20-,27+,31?/m1/s1. The fraction of sp³-hybridized carbons (Fsp3) is 0.387. The summed E-state index contributed by atoms with van der Waals surface area (Å²) in [5, 5.41) is 3.65. The third-order valence-corrected chi connectivity index (χ3v) is 8.96. The van der Waals surface area contributed by atoms with Crippen molar-refractivity contribution < 1.29 is 4.79 Å².